The Balaban J connectivity index is 1.70. The van der Waals surface area contributed by atoms with E-state index in [-0.39, 0.29) is 5.91 Å². The molecule has 1 N–H and O–H groups in total. The van der Waals surface area contributed by atoms with Gasteiger partial charge in [-0.15, -0.1) is 0 Å². The highest BCUT2D eigenvalue weighted by atomic mass is 16.5. The van der Waals surface area contributed by atoms with E-state index in [0.29, 0.717) is 19.4 Å². The molecule has 0 saturated heterocycles. The third-order valence-corrected chi connectivity index (χ3v) is 3.20. The van der Waals surface area contributed by atoms with Crippen LogP contribution in [-0.4, -0.2) is 24.5 Å². The van der Waals surface area contributed by atoms with Gasteiger partial charge in [-0.05, 0) is 36.2 Å². The highest BCUT2D eigenvalue weighted by Crippen LogP contribution is 2.13. The van der Waals surface area contributed by atoms with Gasteiger partial charge in [-0.25, -0.2) is 0 Å². The van der Waals surface area contributed by atoms with Crippen molar-refractivity contribution in [3.05, 3.63) is 59.9 Å². The maximum Gasteiger partial charge on any atom is 0.220 e. The van der Waals surface area contributed by atoms with Crippen LogP contribution in [0.1, 0.15) is 17.7 Å². The van der Waals surface area contributed by atoms with Crippen LogP contribution in [0, 0.1) is 0 Å². The second-order valence-corrected chi connectivity index (χ2v) is 4.77. The SMILES string of the molecule is COc1cccc(CCC(=O)NCCc2ccccn2)c1. The second kappa shape index (κ2) is 8.04. The lowest BCUT2D eigenvalue weighted by Crippen LogP contribution is -2.26. The Morgan fingerprint density at radius 2 is 2.10 bits per heavy atom. The summed E-state index contributed by atoms with van der Waals surface area (Å²) in [7, 11) is 1.64. The normalized spacial score (nSPS) is 10.1. The highest BCUT2D eigenvalue weighted by molar-refractivity contribution is 5.76. The average molecular weight is 284 g/mol. The van der Waals surface area contributed by atoms with Crippen LogP contribution in [0.15, 0.2) is 48.7 Å². The van der Waals surface area contributed by atoms with Crippen molar-refractivity contribution in [2.24, 2.45) is 0 Å². The molecular weight excluding hydrogens is 264 g/mol. The van der Waals surface area contributed by atoms with Crippen molar-refractivity contribution in [3.8, 4) is 5.75 Å². The van der Waals surface area contributed by atoms with Crippen molar-refractivity contribution < 1.29 is 9.53 Å². The van der Waals surface area contributed by atoms with Gasteiger partial charge in [-0.3, -0.25) is 9.78 Å². The van der Waals surface area contributed by atoms with Crippen molar-refractivity contribution in [2.45, 2.75) is 19.3 Å². The summed E-state index contributed by atoms with van der Waals surface area (Å²) in [6.45, 7) is 0.619. The first-order valence-corrected chi connectivity index (χ1v) is 7.07. The number of pyridine rings is 1. The first kappa shape index (κ1) is 15.0. The minimum absolute atomic E-state index is 0.0637. The van der Waals surface area contributed by atoms with Gasteiger partial charge in [0.25, 0.3) is 0 Å². The molecule has 1 heterocycles. The Kier molecular flexibility index (Phi) is 5.76. The van der Waals surface area contributed by atoms with Gasteiger partial charge in [0.2, 0.25) is 5.91 Å². The monoisotopic (exact) mass is 284 g/mol. The zero-order chi connectivity index (χ0) is 14.9. The number of benzene rings is 1. The van der Waals surface area contributed by atoms with Gasteiger partial charge in [0.15, 0.2) is 0 Å². The summed E-state index contributed by atoms with van der Waals surface area (Å²) in [5.74, 6) is 0.886. The fraction of sp³-hybridized carbons (Fsp3) is 0.294. The number of nitrogens with zero attached hydrogens (tertiary/aromatic N) is 1. The summed E-state index contributed by atoms with van der Waals surface area (Å²) >= 11 is 0. The van der Waals surface area contributed by atoms with Crippen LogP contribution in [0.5, 0.6) is 5.75 Å². The maximum atomic E-state index is 11.8. The summed E-state index contributed by atoms with van der Waals surface area (Å²) < 4.78 is 5.17. The van der Waals surface area contributed by atoms with Crippen LogP contribution in [-0.2, 0) is 17.6 Å². The van der Waals surface area contributed by atoms with Crippen molar-refractivity contribution in [1.29, 1.82) is 0 Å². The molecule has 0 bridgehead atoms. The molecule has 21 heavy (non-hydrogen) atoms. The molecule has 0 atom stereocenters. The smallest absolute Gasteiger partial charge is 0.220 e. The van der Waals surface area contributed by atoms with Gasteiger partial charge < -0.3 is 10.1 Å². The lowest BCUT2D eigenvalue weighted by molar-refractivity contribution is -0.121. The Bertz CT molecular complexity index is 570. The van der Waals surface area contributed by atoms with E-state index in [1.54, 1.807) is 13.3 Å². The standard InChI is InChI=1S/C17H20N2O2/c1-21-16-7-4-5-14(13-16)8-9-17(20)19-12-10-15-6-2-3-11-18-15/h2-7,11,13H,8-10,12H2,1H3,(H,19,20). The fourth-order valence-corrected chi connectivity index (χ4v) is 2.05. The molecule has 1 aromatic carbocycles. The quantitative estimate of drug-likeness (QED) is 0.849. The predicted molar refractivity (Wildman–Crippen MR) is 82.3 cm³/mol. The van der Waals surface area contributed by atoms with Crippen molar-refractivity contribution in [1.82, 2.24) is 10.3 Å². The highest BCUT2D eigenvalue weighted by Gasteiger charge is 2.03. The number of amides is 1. The van der Waals surface area contributed by atoms with Crippen molar-refractivity contribution >= 4 is 5.91 Å². The van der Waals surface area contributed by atoms with E-state index in [4.69, 9.17) is 4.74 Å². The molecule has 1 amide bonds. The molecule has 4 nitrogen and oxygen atoms in total. The zero-order valence-corrected chi connectivity index (χ0v) is 12.2. The number of nitrogens with one attached hydrogen (secondary N) is 1. The largest absolute Gasteiger partial charge is 0.497 e. The molecule has 0 spiro atoms. The van der Waals surface area contributed by atoms with E-state index in [9.17, 15) is 4.79 Å². The van der Waals surface area contributed by atoms with Crippen molar-refractivity contribution in [2.75, 3.05) is 13.7 Å². The molecule has 0 unspecified atom stereocenters. The average Bonchev–Trinajstić information content (AvgIpc) is 2.54. The molecule has 1 aromatic heterocycles. The van der Waals surface area contributed by atoms with E-state index >= 15 is 0 Å². The number of hydrogen-bond acceptors (Lipinski definition) is 3. The number of carbonyl (C=O) groups excluding carboxylic acids is 1. The number of rotatable bonds is 7. The van der Waals surface area contributed by atoms with Gasteiger partial charge >= 0.3 is 0 Å². The number of methoxy groups -OCH3 is 1. The van der Waals surface area contributed by atoms with Gasteiger partial charge in [-0.1, -0.05) is 18.2 Å². The lowest BCUT2D eigenvalue weighted by Gasteiger charge is -2.06. The van der Waals surface area contributed by atoms with E-state index in [0.717, 1.165) is 23.4 Å². The predicted octanol–water partition coefficient (Wildman–Crippen LogP) is 2.38. The van der Waals surface area contributed by atoms with E-state index < -0.39 is 0 Å². The summed E-state index contributed by atoms with van der Waals surface area (Å²) in [6, 6.07) is 13.6. The molecular formula is C17H20N2O2. The van der Waals surface area contributed by atoms with Crippen LogP contribution in [0.2, 0.25) is 0 Å². The summed E-state index contributed by atoms with van der Waals surface area (Å²) in [5.41, 5.74) is 2.10. The number of aromatic nitrogens is 1. The number of carbonyl (C=O) groups is 1. The molecule has 2 rings (SSSR count). The molecule has 0 aliphatic heterocycles. The van der Waals surface area contributed by atoms with Crippen LogP contribution < -0.4 is 10.1 Å². The molecule has 4 heteroatoms. The maximum absolute atomic E-state index is 11.8. The van der Waals surface area contributed by atoms with Crippen molar-refractivity contribution in [3.63, 3.8) is 0 Å². The van der Waals surface area contributed by atoms with Crippen LogP contribution in [0.3, 0.4) is 0 Å². The van der Waals surface area contributed by atoms with Crippen LogP contribution >= 0.6 is 0 Å². The molecule has 2 aromatic rings. The molecule has 0 aliphatic carbocycles. The minimum atomic E-state index is 0.0637. The van der Waals surface area contributed by atoms with Crippen LogP contribution in [0.25, 0.3) is 0 Å². The molecule has 0 fully saturated rings. The van der Waals surface area contributed by atoms with E-state index in [1.807, 2.05) is 42.5 Å². The summed E-state index contributed by atoms with van der Waals surface area (Å²) in [4.78, 5) is 16.0. The minimum Gasteiger partial charge on any atom is -0.497 e. The Hall–Kier alpha value is -2.36. The number of ether oxygens (including phenoxy) is 1. The zero-order valence-electron chi connectivity index (χ0n) is 12.2. The number of hydrogen-bond donors (Lipinski definition) is 1. The second-order valence-electron chi connectivity index (χ2n) is 4.77. The first-order valence-electron chi connectivity index (χ1n) is 7.07. The summed E-state index contributed by atoms with van der Waals surface area (Å²) in [5, 5.41) is 2.92. The van der Waals surface area contributed by atoms with E-state index in [2.05, 4.69) is 10.3 Å². The van der Waals surface area contributed by atoms with Gasteiger partial charge in [-0.2, -0.15) is 0 Å². The van der Waals surface area contributed by atoms with Gasteiger partial charge in [0.1, 0.15) is 5.75 Å². The third kappa shape index (κ3) is 5.26. The fourth-order valence-electron chi connectivity index (χ4n) is 2.05. The van der Waals surface area contributed by atoms with Crippen LogP contribution in [0.4, 0.5) is 0 Å². The third-order valence-electron chi connectivity index (χ3n) is 3.20. The molecule has 0 aliphatic rings. The lowest BCUT2D eigenvalue weighted by atomic mass is 10.1. The molecule has 0 saturated carbocycles. The topological polar surface area (TPSA) is 51.2 Å². The van der Waals surface area contributed by atoms with E-state index in [1.165, 1.54) is 0 Å². The van der Waals surface area contributed by atoms with Gasteiger partial charge in [0.05, 0.1) is 7.11 Å². The Morgan fingerprint density at radius 3 is 2.86 bits per heavy atom. The number of aryl methyl sites for hydroxylation is 1. The molecule has 110 valence electrons. The Labute approximate surface area is 125 Å². The van der Waals surface area contributed by atoms with Gasteiger partial charge in [0, 0.05) is 31.3 Å². The summed E-state index contributed by atoms with van der Waals surface area (Å²) in [6.07, 6.45) is 3.72. The molecule has 0 radical (unpaired) electrons. The Morgan fingerprint density at radius 1 is 1.19 bits per heavy atom. The first-order chi connectivity index (χ1) is 10.3.